The summed E-state index contributed by atoms with van der Waals surface area (Å²) in [6, 6.07) is -0.512. The predicted octanol–water partition coefficient (Wildman–Crippen LogP) is -1.41. The Kier molecular flexibility index (Phi) is 6.37. The fourth-order valence-electron chi connectivity index (χ4n) is 0.766. The second kappa shape index (κ2) is 6.42. The maximum absolute atomic E-state index is 9.06. The summed E-state index contributed by atoms with van der Waals surface area (Å²) in [6.45, 7) is 1.73. The van der Waals surface area contributed by atoms with Gasteiger partial charge in [0.1, 0.15) is 14.0 Å². The van der Waals surface area contributed by atoms with Crippen LogP contribution in [0.5, 0.6) is 0 Å². The van der Waals surface area contributed by atoms with E-state index in [0.717, 1.165) is 0 Å². The third-order valence-corrected chi connectivity index (χ3v) is 1.52. The highest BCUT2D eigenvalue weighted by Crippen LogP contribution is 2.03. The van der Waals surface area contributed by atoms with Gasteiger partial charge in [0.25, 0.3) is 0 Å². The Morgan fingerprint density at radius 1 is 1.58 bits per heavy atom. The van der Waals surface area contributed by atoms with Crippen LogP contribution >= 0.6 is 0 Å². The molecule has 0 bridgehead atoms. The van der Waals surface area contributed by atoms with Crippen LogP contribution in [0.2, 0.25) is 0 Å². The molecule has 70 valence electrons. The Morgan fingerprint density at radius 3 is 2.50 bits per heavy atom. The van der Waals surface area contributed by atoms with E-state index in [0.29, 0.717) is 13.0 Å². The van der Waals surface area contributed by atoms with Crippen molar-refractivity contribution in [1.29, 1.82) is 0 Å². The summed E-state index contributed by atoms with van der Waals surface area (Å²) < 4.78 is 5.10. The molecule has 3 atom stereocenters. The lowest BCUT2D eigenvalue weighted by Crippen LogP contribution is -2.35. The van der Waals surface area contributed by atoms with Gasteiger partial charge in [0.2, 0.25) is 0 Å². The topological polar surface area (TPSA) is 75.7 Å². The largest absolute Gasteiger partial charge is 0.394 e. The predicted molar refractivity (Wildman–Crippen MR) is 46.9 cm³/mol. The molecule has 2 unspecified atom stereocenters. The number of hydrogen-bond donors (Lipinski definition) is 3. The molecule has 0 aromatic heterocycles. The normalized spacial score (nSPS) is 18.7. The molecule has 0 aliphatic carbocycles. The van der Waals surface area contributed by atoms with Gasteiger partial charge in [0, 0.05) is 6.00 Å². The molecule has 0 rings (SSSR count). The lowest BCUT2D eigenvalue weighted by atomic mass is 9.96. The molecule has 4 N–H and O–H groups in total. The molecule has 0 spiro atoms. The van der Waals surface area contributed by atoms with Gasteiger partial charge in [-0.2, -0.15) is 0 Å². The second-order valence-corrected chi connectivity index (χ2v) is 2.71. The maximum Gasteiger partial charge on any atom is 0.109 e. The Hall–Kier alpha value is -0.0951. The van der Waals surface area contributed by atoms with E-state index in [-0.39, 0.29) is 6.61 Å². The van der Waals surface area contributed by atoms with Gasteiger partial charge in [-0.25, -0.2) is 0 Å². The summed E-state index contributed by atoms with van der Waals surface area (Å²) in [6.07, 6.45) is -0.825. The first-order valence-corrected chi connectivity index (χ1v) is 4.01. The fraction of sp³-hybridized carbons (Fsp3) is 1.00. The average Bonchev–Trinajstić information content (AvgIpc) is 2.00. The molecule has 2 radical (unpaired) electrons. The standard InChI is InChI=1S/C7H16BNO3/c1-5(11)6(4-10)12-7(8)2-3-9/h5-7,10-11H,2-4,9H2,1H3/t5?,6-,7?/m1/s1. The first-order valence-electron chi connectivity index (χ1n) is 4.01. The van der Waals surface area contributed by atoms with Gasteiger partial charge in [-0.3, -0.25) is 0 Å². The number of hydrogen-bond acceptors (Lipinski definition) is 4. The zero-order valence-electron chi connectivity index (χ0n) is 7.31. The Labute approximate surface area is 74.1 Å². The van der Waals surface area contributed by atoms with Crippen molar-refractivity contribution >= 4 is 7.85 Å². The van der Waals surface area contributed by atoms with Crippen LogP contribution in [0.1, 0.15) is 13.3 Å². The van der Waals surface area contributed by atoms with Crippen molar-refractivity contribution < 1.29 is 14.9 Å². The molecule has 0 heterocycles. The van der Waals surface area contributed by atoms with Crippen LogP contribution in [0, 0.1) is 0 Å². The van der Waals surface area contributed by atoms with Crippen LogP contribution in [0.25, 0.3) is 0 Å². The molecular formula is C7H16BNO3. The van der Waals surface area contributed by atoms with Gasteiger partial charge in [-0.1, -0.05) is 0 Å². The molecule has 0 saturated heterocycles. The smallest absolute Gasteiger partial charge is 0.109 e. The highest BCUT2D eigenvalue weighted by Gasteiger charge is 2.16. The number of aliphatic hydroxyl groups excluding tert-OH is 2. The molecule has 0 amide bonds. The summed E-state index contributed by atoms with van der Waals surface area (Å²) in [5.41, 5.74) is 5.24. The van der Waals surface area contributed by atoms with Crippen molar-refractivity contribution in [3.63, 3.8) is 0 Å². The van der Waals surface area contributed by atoms with Crippen LogP contribution in [-0.2, 0) is 4.74 Å². The molecule has 5 heteroatoms. The maximum atomic E-state index is 9.06. The number of ether oxygens (including phenoxy) is 1. The third-order valence-electron chi connectivity index (χ3n) is 1.52. The van der Waals surface area contributed by atoms with Crippen LogP contribution in [0.15, 0.2) is 0 Å². The van der Waals surface area contributed by atoms with Crippen LogP contribution in [0.4, 0.5) is 0 Å². The zero-order valence-corrected chi connectivity index (χ0v) is 7.31. The Morgan fingerprint density at radius 2 is 2.17 bits per heavy atom. The average molecular weight is 173 g/mol. The summed E-state index contributed by atoms with van der Waals surface area (Å²) in [5, 5.41) is 17.8. The SMILES string of the molecule is [B]C(CCN)O[C@H](CO)C(C)O. The fourth-order valence-corrected chi connectivity index (χ4v) is 0.766. The second-order valence-electron chi connectivity index (χ2n) is 2.71. The van der Waals surface area contributed by atoms with Gasteiger partial charge in [0.15, 0.2) is 0 Å². The minimum Gasteiger partial charge on any atom is -0.394 e. The van der Waals surface area contributed by atoms with Crippen molar-refractivity contribution in [2.24, 2.45) is 5.73 Å². The molecule has 0 aliphatic heterocycles. The van der Waals surface area contributed by atoms with E-state index in [1.165, 1.54) is 6.92 Å². The van der Waals surface area contributed by atoms with Crippen LogP contribution < -0.4 is 5.73 Å². The molecule has 0 aromatic rings. The van der Waals surface area contributed by atoms with Crippen LogP contribution in [0.3, 0.4) is 0 Å². The Bertz CT molecular complexity index is 113. The molecular weight excluding hydrogens is 157 g/mol. The monoisotopic (exact) mass is 173 g/mol. The summed E-state index contributed by atoms with van der Waals surface area (Å²) >= 11 is 0. The van der Waals surface area contributed by atoms with E-state index in [1.807, 2.05) is 0 Å². The highest BCUT2D eigenvalue weighted by molar-refractivity contribution is 6.11. The van der Waals surface area contributed by atoms with E-state index in [9.17, 15) is 0 Å². The quantitative estimate of drug-likeness (QED) is 0.431. The highest BCUT2D eigenvalue weighted by atomic mass is 16.5. The van der Waals surface area contributed by atoms with E-state index in [2.05, 4.69) is 0 Å². The summed E-state index contributed by atoms with van der Waals surface area (Å²) in [4.78, 5) is 0. The third kappa shape index (κ3) is 4.72. The molecule has 0 fully saturated rings. The van der Waals surface area contributed by atoms with Crippen molar-refractivity contribution in [2.75, 3.05) is 13.2 Å². The number of rotatable bonds is 6. The van der Waals surface area contributed by atoms with Gasteiger partial charge < -0.3 is 20.7 Å². The minimum atomic E-state index is -0.723. The molecule has 0 saturated carbocycles. The van der Waals surface area contributed by atoms with Gasteiger partial charge in [-0.15, -0.1) is 0 Å². The van der Waals surface area contributed by atoms with E-state index in [4.69, 9.17) is 28.5 Å². The lowest BCUT2D eigenvalue weighted by Gasteiger charge is -2.22. The van der Waals surface area contributed by atoms with E-state index >= 15 is 0 Å². The lowest BCUT2D eigenvalue weighted by molar-refractivity contribution is -0.0694. The van der Waals surface area contributed by atoms with E-state index in [1.54, 1.807) is 0 Å². The number of nitrogens with two attached hydrogens (primary N) is 1. The molecule has 0 aliphatic rings. The zero-order chi connectivity index (χ0) is 9.56. The first kappa shape index (κ1) is 11.9. The summed E-state index contributed by atoms with van der Waals surface area (Å²) in [7, 11) is 5.47. The van der Waals surface area contributed by atoms with Crippen molar-refractivity contribution in [3.05, 3.63) is 0 Å². The summed E-state index contributed by atoms with van der Waals surface area (Å²) in [5.74, 6) is 0. The number of aliphatic hydroxyl groups is 2. The van der Waals surface area contributed by atoms with Gasteiger partial charge >= 0.3 is 0 Å². The molecule has 0 aromatic carbocycles. The van der Waals surface area contributed by atoms with E-state index < -0.39 is 18.2 Å². The van der Waals surface area contributed by atoms with Crippen molar-refractivity contribution in [3.8, 4) is 0 Å². The minimum absolute atomic E-state index is 0.240. The van der Waals surface area contributed by atoms with Crippen LogP contribution in [-0.4, -0.2) is 49.4 Å². The van der Waals surface area contributed by atoms with Gasteiger partial charge in [-0.05, 0) is 19.9 Å². The van der Waals surface area contributed by atoms with Crippen molar-refractivity contribution in [2.45, 2.75) is 31.6 Å². The first-order chi connectivity index (χ1) is 5.61. The van der Waals surface area contributed by atoms with Crippen molar-refractivity contribution in [1.82, 2.24) is 0 Å². The Balaban J connectivity index is 3.69. The van der Waals surface area contributed by atoms with Gasteiger partial charge in [0.05, 0.1) is 12.7 Å². The molecule has 12 heavy (non-hydrogen) atoms. The molecule has 4 nitrogen and oxygen atoms in total.